The zero-order valence-electron chi connectivity index (χ0n) is 12.5. The van der Waals surface area contributed by atoms with Crippen LogP contribution in [-0.4, -0.2) is 23.8 Å². The van der Waals surface area contributed by atoms with Gasteiger partial charge in [0, 0.05) is 5.41 Å². The monoisotopic (exact) mass is 266 g/mol. The minimum absolute atomic E-state index is 0.00539. The number of esters is 1. The number of methoxy groups -OCH3 is 1. The average Bonchev–Trinajstić information content (AvgIpc) is 2.37. The van der Waals surface area contributed by atoms with Crippen LogP contribution in [0.1, 0.15) is 52.9 Å². The molecule has 108 valence electrons. The predicted octanol–water partition coefficient (Wildman–Crippen LogP) is 2.76. The Bertz CT molecular complexity index is 416. The molecule has 1 N–H and O–H groups in total. The molecule has 0 aliphatic heterocycles. The lowest BCUT2D eigenvalue weighted by molar-refractivity contribution is -0.291. The Kier molecular flexibility index (Phi) is 2.65. The van der Waals surface area contributed by atoms with Crippen molar-refractivity contribution in [2.75, 3.05) is 7.11 Å². The van der Waals surface area contributed by atoms with Gasteiger partial charge in [-0.05, 0) is 49.4 Å². The van der Waals surface area contributed by atoms with Gasteiger partial charge in [-0.25, -0.2) is 0 Å². The van der Waals surface area contributed by atoms with Gasteiger partial charge in [0.25, 0.3) is 0 Å². The molecule has 0 aromatic rings. The highest BCUT2D eigenvalue weighted by molar-refractivity contribution is 5.73. The van der Waals surface area contributed by atoms with Crippen molar-refractivity contribution in [1.82, 2.24) is 0 Å². The van der Waals surface area contributed by atoms with Crippen molar-refractivity contribution in [3.05, 3.63) is 0 Å². The van der Waals surface area contributed by atoms with E-state index in [-0.39, 0.29) is 22.7 Å². The van der Waals surface area contributed by atoms with Gasteiger partial charge in [0.05, 0.1) is 18.6 Å². The van der Waals surface area contributed by atoms with Crippen LogP contribution in [0.2, 0.25) is 0 Å². The van der Waals surface area contributed by atoms with Crippen molar-refractivity contribution in [1.29, 1.82) is 0 Å². The van der Waals surface area contributed by atoms with Crippen LogP contribution in [0.15, 0.2) is 0 Å². The van der Waals surface area contributed by atoms with E-state index in [0.29, 0.717) is 11.8 Å². The first-order chi connectivity index (χ1) is 8.78. The van der Waals surface area contributed by atoms with Gasteiger partial charge in [-0.15, -0.1) is 0 Å². The molecule has 0 amide bonds. The Morgan fingerprint density at radius 3 is 2.53 bits per heavy atom. The van der Waals surface area contributed by atoms with E-state index in [2.05, 4.69) is 20.8 Å². The van der Waals surface area contributed by atoms with Crippen molar-refractivity contribution in [3.63, 3.8) is 0 Å². The largest absolute Gasteiger partial charge is 0.469 e. The summed E-state index contributed by atoms with van der Waals surface area (Å²) in [7, 11) is 1.48. The molecule has 0 spiro atoms. The van der Waals surface area contributed by atoms with Crippen LogP contribution in [-0.2, 0) is 9.53 Å². The van der Waals surface area contributed by atoms with Crippen LogP contribution in [0.25, 0.3) is 0 Å². The summed E-state index contributed by atoms with van der Waals surface area (Å²) in [6, 6.07) is 0. The standard InChI is InChI=1S/C16H26O3/c1-14(2)10-5-7-15(3)12(9-10)11(13(17)19-4)6-8-16(14,15)18/h10-12,18H,5-9H2,1-4H3/t10-,11-,12+,15+,16-/m1/s1. The van der Waals surface area contributed by atoms with Crippen LogP contribution >= 0.6 is 0 Å². The van der Waals surface area contributed by atoms with E-state index < -0.39 is 5.60 Å². The molecule has 4 rings (SSSR count). The zero-order valence-corrected chi connectivity index (χ0v) is 12.5. The predicted molar refractivity (Wildman–Crippen MR) is 72.4 cm³/mol. The third-order valence-corrected chi connectivity index (χ3v) is 7.21. The lowest BCUT2D eigenvalue weighted by atomic mass is 9.35. The molecule has 19 heavy (non-hydrogen) atoms. The van der Waals surface area contributed by atoms with Gasteiger partial charge >= 0.3 is 5.97 Å². The number of ether oxygens (including phenoxy) is 1. The maximum absolute atomic E-state index is 12.0. The van der Waals surface area contributed by atoms with Gasteiger partial charge in [0.1, 0.15) is 0 Å². The molecule has 3 nitrogen and oxygen atoms in total. The maximum Gasteiger partial charge on any atom is 0.308 e. The molecule has 0 unspecified atom stereocenters. The van der Waals surface area contributed by atoms with Gasteiger partial charge in [0.15, 0.2) is 0 Å². The van der Waals surface area contributed by atoms with E-state index in [0.717, 1.165) is 25.7 Å². The first-order valence-corrected chi connectivity index (χ1v) is 7.58. The molecular formula is C16H26O3. The summed E-state index contributed by atoms with van der Waals surface area (Å²) >= 11 is 0. The van der Waals surface area contributed by atoms with Gasteiger partial charge in [-0.2, -0.15) is 0 Å². The molecule has 0 aromatic carbocycles. The van der Waals surface area contributed by atoms with E-state index in [4.69, 9.17) is 4.74 Å². The summed E-state index contributed by atoms with van der Waals surface area (Å²) in [4.78, 5) is 12.0. The topological polar surface area (TPSA) is 46.5 Å². The minimum atomic E-state index is -0.615. The number of hydrogen-bond donors (Lipinski definition) is 1. The summed E-state index contributed by atoms with van der Waals surface area (Å²) in [5, 5.41) is 11.4. The Hall–Kier alpha value is -0.570. The van der Waals surface area contributed by atoms with E-state index in [1.165, 1.54) is 13.5 Å². The quantitative estimate of drug-likeness (QED) is 0.742. The number of carbonyl (C=O) groups is 1. The van der Waals surface area contributed by atoms with Crippen LogP contribution in [0.3, 0.4) is 0 Å². The third kappa shape index (κ3) is 1.35. The second kappa shape index (κ2) is 3.75. The Morgan fingerprint density at radius 1 is 1.21 bits per heavy atom. The fourth-order valence-corrected chi connectivity index (χ4v) is 5.80. The molecule has 5 atom stereocenters. The highest BCUT2D eigenvalue weighted by Gasteiger charge is 2.71. The highest BCUT2D eigenvalue weighted by Crippen LogP contribution is 2.71. The lowest BCUT2D eigenvalue weighted by Crippen LogP contribution is -2.72. The van der Waals surface area contributed by atoms with E-state index in [1.54, 1.807) is 0 Å². The van der Waals surface area contributed by atoms with Crippen LogP contribution in [0, 0.1) is 28.6 Å². The molecule has 4 aliphatic rings. The fourth-order valence-electron chi connectivity index (χ4n) is 5.80. The number of aliphatic hydroxyl groups is 1. The number of fused-ring (bicyclic) bond motifs is 1. The van der Waals surface area contributed by atoms with Gasteiger partial charge in [0.2, 0.25) is 0 Å². The summed E-state index contributed by atoms with van der Waals surface area (Å²) in [5.41, 5.74) is -0.768. The summed E-state index contributed by atoms with van der Waals surface area (Å²) in [6.45, 7) is 6.66. The first-order valence-electron chi connectivity index (χ1n) is 7.58. The molecule has 4 aliphatic carbocycles. The van der Waals surface area contributed by atoms with Gasteiger partial charge in [-0.1, -0.05) is 20.8 Å². The third-order valence-electron chi connectivity index (χ3n) is 7.21. The lowest BCUT2D eigenvalue weighted by Gasteiger charge is -2.71. The number of carbonyl (C=O) groups excluding carboxylic acids is 1. The maximum atomic E-state index is 12.0. The molecule has 0 radical (unpaired) electrons. The Balaban J connectivity index is 2.04. The summed E-state index contributed by atoms with van der Waals surface area (Å²) < 4.78 is 5.00. The number of hydrogen-bond acceptors (Lipinski definition) is 3. The minimum Gasteiger partial charge on any atom is -0.469 e. The molecule has 0 aromatic heterocycles. The van der Waals surface area contributed by atoms with E-state index in [1.807, 2.05) is 0 Å². The van der Waals surface area contributed by atoms with Crippen molar-refractivity contribution in [2.45, 2.75) is 58.5 Å². The smallest absolute Gasteiger partial charge is 0.308 e. The number of rotatable bonds is 1. The second-order valence-corrected chi connectivity index (χ2v) is 7.75. The van der Waals surface area contributed by atoms with E-state index in [9.17, 15) is 9.90 Å². The van der Waals surface area contributed by atoms with Gasteiger partial charge < -0.3 is 9.84 Å². The Labute approximate surface area is 115 Å². The highest BCUT2D eigenvalue weighted by atomic mass is 16.5. The van der Waals surface area contributed by atoms with Crippen LogP contribution in [0.4, 0.5) is 0 Å². The molecule has 4 fully saturated rings. The summed E-state index contributed by atoms with van der Waals surface area (Å²) in [6.07, 6.45) is 4.83. The zero-order chi connectivity index (χ0) is 14.1. The average molecular weight is 266 g/mol. The summed E-state index contributed by atoms with van der Waals surface area (Å²) in [5.74, 6) is 0.759. The molecule has 0 heterocycles. The van der Waals surface area contributed by atoms with Crippen LogP contribution < -0.4 is 0 Å². The first kappa shape index (κ1) is 13.4. The van der Waals surface area contributed by atoms with E-state index >= 15 is 0 Å². The van der Waals surface area contributed by atoms with Crippen LogP contribution in [0.5, 0.6) is 0 Å². The molecule has 0 saturated heterocycles. The van der Waals surface area contributed by atoms with Crippen molar-refractivity contribution in [2.24, 2.45) is 28.6 Å². The fraction of sp³-hybridized carbons (Fsp3) is 0.938. The van der Waals surface area contributed by atoms with Crippen molar-refractivity contribution in [3.8, 4) is 0 Å². The normalized spacial score (nSPS) is 50.9. The second-order valence-electron chi connectivity index (χ2n) is 7.75. The van der Waals surface area contributed by atoms with Crippen molar-refractivity contribution >= 4 is 5.97 Å². The molecule has 4 bridgehead atoms. The van der Waals surface area contributed by atoms with Crippen molar-refractivity contribution < 1.29 is 14.6 Å². The molecule has 4 saturated carbocycles. The Morgan fingerprint density at radius 2 is 1.89 bits per heavy atom. The SMILES string of the molecule is COC(=O)[C@@H]1CC[C@@]2(O)C(C)(C)[C@@H]3CC[C@@]2(C)[C@H]1C3. The van der Waals surface area contributed by atoms with Gasteiger partial charge in [-0.3, -0.25) is 4.79 Å². The molecule has 3 heteroatoms. The molecular weight excluding hydrogens is 240 g/mol.